The number of anilines is 2. The van der Waals surface area contributed by atoms with Crippen LogP contribution in [0.1, 0.15) is 80.4 Å². The molecule has 0 saturated carbocycles. The number of aromatic nitrogens is 4. The third kappa shape index (κ3) is 6.09. The van der Waals surface area contributed by atoms with E-state index in [9.17, 15) is 15.0 Å². The zero-order valence-electron chi connectivity index (χ0n) is 26.2. The Labute approximate surface area is 258 Å². The lowest BCUT2D eigenvalue weighted by atomic mass is 9.88. The molecule has 4 atom stereocenters. The van der Waals surface area contributed by atoms with Crippen molar-refractivity contribution in [2.75, 3.05) is 22.9 Å². The lowest BCUT2D eigenvalue weighted by Gasteiger charge is -2.39. The summed E-state index contributed by atoms with van der Waals surface area (Å²) in [5.74, 6) is 0.454. The quantitative estimate of drug-likeness (QED) is 0.489. The second-order valence-electron chi connectivity index (χ2n) is 13.8. The van der Waals surface area contributed by atoms with Crippen molar-refractivity contribution in [3.8, 4) is 0 Å². The number of aliphatic hydroxyl groups excluding tert-OH is 2. The molecular formula is C29H44Cl2N8O3. The van der Waals surface area contributed by atoms with Gasteiger partial charge in [0.05, 0.1) is 0 Å². The third-order valence-corrected chi connectivity index (χ3v) is 8.56. The summed E-state index contributed by atoms with van der Waals surface area (Å²) in [5, 5.41) is 40.3. The van der Waals surface area contributed by atoms with Crippen molar-refractivity contribution < 1.29 is 15.0 Å². The molecule has 232 valence electrons. The van der Waals surface area contributed by atoms with Crippen molar-refractivity contribution in [3.05, 3.63) is 33.6 Å². The molecule has 0 aromatic carbocycles. The van der Waals surface area contributed by atoms with Crippen molar-refractivity contribution in [2.45, 2.75) is 117 Å². The maximum atomic E-state index is 14.9. The van der Waals surface area contributed by atoms with Crippen molar-refractivity contribution in [3.63, 3.8) is 0 Å². The molecular weight excluding hydrogens is 579 g/mol. The molecule has 0 radical (unpaired) electrons. The predicted molar refractivity (Wildman–Crippen MR) is 165 cm³/mol. The minimum absolute atomic E-state index is 0.0870. The second-order valence-corrected chi connectivity index (χ2v) is 14.5. The average molecular weight is 624 g/mol. The Morgan fingerprint density at radius 3 is 1.36 bits per heavy atom. The second kappa shape index (κ2) is 11.7. The number of aliphatic hydroxyl groups is 2. The van der Waals surface area contributed by atoms with E-state index in [4.69, 9.17) is 23.2 Å². The lowest BCUT2D eigenvalue weighted by Crippen LogP contribution is -2.59. The van der Waals surface area contributed by atoms with Crippen LogP contribution in [-0.4, -0.2) is 96.2 Å². The first-order valence-corrected chi connectivity index (χ1v) is 15.2. The maximum absolute atomic E-state index is 14.9. The van der Waals surface area contributed by atoms with Gasteiger partial charge in [-0.1, -0.05) is 64.7 Å². The zero-order valence-corrected chi connectivity index (χ0v) is 27.7. The number of hydrogen-bond donors (Lipinski definition) is 2. The van der Waals surface area contributed by atoms with E-state index >= 15 is 0 Å². The van der Waals surface area contributed by atoms with Gasteiger partial charge in [0.15, 0.2) is 21.9 Å². The van der Waals surface area contributed by atoms with Crippen LogP contribution in [0.2, 0.25) is 10.3 Å². The van der Waals surface area contributed by atoms with Gasteiger partial charge >= 0.3 is 0 Å². The molecule has 2 aliphatic heterocycles. The highest BCUT2D eigenvalue weighted by atomic mass is 35.5. The lowest BCUT2D eigenvalue weighted by molar-refractivity contribution is -0.128. The van der Waals surface area contributed by atoms with E-state index in [2.05, 4.69) is 20.4 Å². The first kappa shape index (κ1) is 32.8. The SMILES string of the molecule is CC(C)N1CC(O)N(c2cc(C(C)(C)C)c(Cl)nn2)C1C(=O)C1N(C(C)C)CC(O)N1c1cc(C(C)(C)C)c(Cl)nn1. The minimum atomic E-state index is -1.03. The van der Waals surface area contributed by atoms with Crippen LogP contribution in [0, 0.1) is 0 Å². The topological polar surface area (TPSA) is 122 Å². The van der Waals surface area contributed by atoms with Crippen LogP contribution in [0.4, 0.5) is 11.6 Å². The monoisotopic (exact) mass is 622 g/mol. The number of β-amino-alcohol motifs (C(OH)–C–C–N with tert-alkyl or cyclic N) is 2. The summed E-state index contributed by atoms with van der Waals surface area (Å²) in [6.45, 7) is 20.4. The number of nitrogens with zero attached hydrogens (tertiary/aromatic N) is 8. The molecule has 42 heavy (non-hydrogen) atoms. The molecule has 13 heteroatoms. The molecule has 2 aromatic heterocycles. The number of rotatable bonds is 6. The summed E-state index contributed by atoms with van der Waals surface area (Å²) in [6.07, 6.45) is -3.88. The fourth-order valence-electron chi connectivity index (χ4n) is 5.71. The van der Waals surface area contributed by atoms with E-state index in [1.54, 1.807) is 21.9 Å². The minimum Gasteiger partial charge on any atom is -0.372 e. The standard InChI is InChI=1S/C29H44Cl2N8O3/c1-15(2)36-13-21(40)38(19-11-17(28(5,6)7)24(30)34-32-19)26(36)23(42)27-37(16(3)4)14-22(41)39(27)20-12-18(29(8,9)10)25(31)35-33-20/h11-12,15-16,21-22,26-27,40-41H,13-14H2,1-10H3. The Bertz CT molecular complexity index is 1220. The third-order valence-electron chi connectivity index (χ3n) is 8.00. The Kier molecular flexibility index (Phi) is 9.16. The number of hydrogen-bond acceptors (Lipinski definition) is 11. The first-order valence-electron chi connectivity index (χ1n) is 14.4. The molecule has 0 aliphatic carbocycles. The van der Waals surface area contributed by atoms with Gasteiger partial charge in [0.2, 0.25) is 5.78 Å². The maximum Gasteiger partial charge on any atom is 0.207 e. The van der Waals surface area contributed by atoms with E-state index < -0.39 is 24.8 Å². The Hall–Kier alpha value is -2.15. The van der Waals surface area contributed by atoms with Crippen LogP contribution >= 0.6 is 23.2 Å². The molecule has 4 unspecified atom stereocenters. The molecule has 2 N–H and O–H groups in total. The highest BCUT2D eigenvalue weighted by Crippen LogP contribution is 2.38. The van der Waals surface area contributed by atoms with E-state index in [1.807, 2.05) is 79.0 Å². The van der Waals surface area contributed by atoms with Crippen LogP contribution in [0.3, 0.4) is 0 Å². The zero-order chi connectivity index (χ0) is 31.5. The largest absolute Gasteiger partial charge is 0.372 e. The van der Waals surface area contributed by atoms with Crippen molar-refractivity contribution in [1.82, 2.24) is 30.2 Å². The van der Waals surface area contributed by atoms with Crippen LogP contribution in [0.15, 0.2) is 12.1 Å². The van der Waals surface area contributed by atoms with Gasteiger partial charge in [-0.05, 0) is 50.7 Å². The number of carbonyl (C=O) groups is 1. The Morgan fingerprint density at radius 2 is 1.07 bits per heavy atom. The summed E-state index contributed by atoms with van der Waals surface area (Å²) in [7, 11) is 0. The van der Waals surface area contributed by atoms with Crippen molar-refractivity contribution >= 4 is 40.6 Å². The first-order chi connectivity index (χ1) is 19.3. The van der Waals surface area contributed by atoms with Gasteiger partial charge in [-0.2, -0.15) is 0 Å². The molecule has 2 aliphatic rings. The van der Waals surface area contributed by atoms with Gasteiger partial charge in [0, 0.05) is 36.3 Å². The Balaban J connectivity index is 1.86. The predicted octanol–water partition coefficient (Wildman–Crippen LogP) is 3.79. The number of halogens is 2. The van der Waals surface area contributed by atoms with Gasteiger partial charge in [-0.25, -0.2) is 0 Å². The molecule has 2 fully saturated rings. The summed E-state index contributed by atoms with van der Waals surface area (Å²) >= 11 is 12.8. The van der Waals surface area contributed by atoms with E-state index in [0.29, 0.717) is 11.6 Å². The van der Waals surface area contributed by atoms with Crippen LogP contribution in [0.25, 0.3) is 0 Å². The fraction of sp³-hybridized carbons (Fsp3) is 0.690. The normalized spacial score (nSPS) is 24.5. The molecule has 2 saturated heterocycles. The summed E-state index contributed by atoms with van der Waals surface area (Å²) in [6, 6.07) is 3.42. The fourth-order valence-corrected chi connectivity index (χ4v) is 6.46. The van der Waals surface area contributed by atoms with Crippen LogP contribution in [0.5, 0.6) is 0 Å². The summed E-state index contributed by atoms with van der Waals surface area (Å²) in [4.78, 5) is 22.0. The molecule has 0 amide bonds. The van der Waals surface area contributed by atoms with Gasteiger partial charge in [-0.3, -0.25) is 14.6 Å². The molecule has 4 heterocycles. The molecule has 11 nitrogen and oxygen atoms in total. The van der Waals surface area contributed by atoms with Crippen molar-refractivity contribution in [1.29, 1.82) is 0 Å². The van der Waals surface area contributed by atoms with Gasteiger partial charge in [0.1, 0.15) is 24.8 Å². The Morgan fingerprint density at radius 1 is 0.738 bits per heavy atom. The number of carbonyl (C=O) groups excluding carboxylic acids is 1. The molecule has 0 bridgehead atoms. The van der Waals surface area contributed by atoms with E-state index in [0.717, 1.165) is 11.1 Å². The van der Waals surface area contributed by atoms with E-state index in [-0.39, 0.29) is 52.1 Å². The molecule has 0 spiro atoms. The van der Waals surface area contributed by atoms with Crippen molar-refractivity contribution in [2.24, 2.45) is 0 Å². The van der Waals surface area contributed by atoms with Gasteiger partial charge in [0.25, 0.3) is 0 Å². The number of Topliss-reactive ketones (excluding diaryl/α,β-unsaturated/α-hetero) is 1. The average Bonchev–Trinajstić information content (AvgIpc) is 3.40. The van der Waals surface area contributed by atoms with Crippen LogP contribution < -0.4 is 9.80 Å². The van der Waals surface area contributed by atoms with Crippen LogP contribution in [-0.2, 0) is 15.6 Å². The van der Waals surface area contributed by atoms with E-state index in [1.165, 1.54) is 0 Å². The number of ketones is 1. The smallest absolute Gasteiger partial charge is 0.207 e. The van der Waals surface area contributed by atoms with Gasteiger partial charge < -0.3 is 20.0 Å². The molecule has 2 aromatic rings. The summed E-state index contributed by atoms with van der Waals surface area (Å²) < 4.78 is 0. The highest BCUT2D eigenvalue weighted by molar-refractivity contribution is 6.30. The molecule has 4 rings (SSSR count). The van der Waals surface area contributed by atoms with Gasteiger partial charge in [-0.15, -0.1) is 20.4 Å². The highest BCUT2D eigenvalue weighted by Gasteiger charge is 2.53. The summed E-state index contributed by atoms with van der Waals surface area (Å²) in [5.41, 5.74) is 0.817.